The number of aromatic nitrogens is 1. The molecule has 1 heterocycles. The number of hydrazine groups is 1. The first-order valence-corrected chi connectivity index (χ1v) is 6.50. The summed E-state index contributed by atoms with van der Waals surface area (Å²) in [5.74, 6) is 4.66. The van der Waals surface area contributed by atoms with E-state index >= 15 is 0 Å². The maximum Gasteiger partial charge on any atom is 0.270 e. The van der Waals surface area contributed by atoms with Crippen molar-refractivity contribution in [2.24, 2.45) is 5.84 Å². The van der Waals surface area contributed by atoms with E-state index in [2.05, 4.69) is 5.43 Å². The molecule has 0 saturated heterocycles. The van der Waals surface area contributed by atoms with Crippen LogP contribution in [0, 0.1) is 0 Å². The predicted octanol–water partition coefficient (Wildman–Crippen LogP) is 0.665. The lowest BCUT2D eigenvalue weighted by Gasteiger charge is -2.22. The van der Waals surface area contributed by atoms with Gasteiger partial charge in [-0.3, -0.25) is 15.0 Å². The van der Waals surface area contributed by atoms with Crippen LogP contribution in [0.5, 0.6) is 0 Å². The average Bonchev–Trinajstić information content (AvgIpc) is 3.21. The molecular formula is C13H17N3O2. The van der Waals surface area contributed by atoms with Gasteiger partial charge in [-0.1, -0.05) is 0 Å². The third-order valence-electron chi connectivity index (χ3n) is 3.83. The van der Waals surface area contributed by atoms with E-state index in [-0.39, 0.29) is 11.1 Å². The van der Waals surface area contributed by atoms with Crippen LogP contribution in [0.2, 0.25) is 0 Å². The molecule has 1 amide bonds. The van der Waals surface area contributed by atoms with Crippen molar-refractivity contribution in [3.63, 3.8) is 0 Å². The van der Waals surface area contributed by atoms with Gasteiger partial charge >= 0.3 is 0 Å². The molecule has 0 bridgehead atoms. The van der Waals surface area contributed by atoms with Crippen LogP contribution in [-0.4, -0.2) is 10.5 Å². The molecule has 1 aromatic rings. The summed E-state index contributed by atoms with van der Waals surface area (Å²) < 4.78 is 1.85. The zero-order chi connectivity index (χ0) is 12.7. The highest BCUT2D eigenvalue weighted by Gasteiger charge is 2.30. The molecule has 18 heavy (non-hydrogen) atoms. The third-order valence-corrected chi connectivity index (χ3v) is 3.83. The summed E-state index contributed by atoms with van der Waals surface area (Å²) in [4.78, 5) is 24.0. The van der Waals surface area contributed by atoms with Gasteiger partial charge in [0.2, 0.25) is 0 Å². The molecule has 2 aliphatic rings. The molecular weight excluding hydrogens is 230 g/mol. The Hall–Kier alpha value is -1.62. The van der Waals surface area contributed by atoms with Gasteiger partial charge in [-0.2, -0.15) is 0 Å². The van der Waals surface area contributed by atoms with Crippen molar-refractivity contribution in [3.05, 3.63) is 33.2 Å². The Kier molecular flexibility index (Phi) is 2.70. The molecule has 3 N–H and O–H groups in total. The number of nitrogens with two attached hydrogens (primary N) is 1. The van der Waals surface area contributed by atoms with Gasteiger partial charge in [0.25, 0.3) is 11.5 Å². The molecule has 5 heteroatoms. The van der Waals surface area contributed by atoms with Gasteiger partial charge in [-0.15, -0.1) is 0 Å². The zero-order valence-electron chi connectivity index (χ0n) is 10.2. The quantitative estimate of drug-likeness (QED) is 0.458. The van der Waals surface area contributed by atoms with Gasteiger partial charge in [0, 0.05) is 11.7 Å². The molecule has 1 fully saturated rings. The maximum atomic E-state index is 12.4. The van der Waals surface area contributed by atoms with Crippen molar-refractivity contribution in [2.75, 3.05) is 0 Å². The Labute approximate surface area is 105 Å². The van der Waals surface area contributed by atoms with Crippen LogP contribution in [0.1, 0.15) is 53.3 Å². The molecule has 5 nitrogen and oxygen atoms in total. The van der Waals surface area contributed by atoms with Gasteiger partial charge in [-0.05, 0) is 50.2 Å². The minimum absolute atomic E-state index is 0.180. The smallest absolute Gasteiger partial charge is 0.270 e. The molecule has 0 spiro atoms. The first-order chi connectivity index (χ1) is 8.72. The van der Waals surface area contributed by atoms with E-state index in [1.807, 2.05) is 4.57 Å². The average molecular weight is 247 g/mol. The first kappa shape index (κ1) is 11.5. The minimum Gasteiger partial charge on any atom is -0.309 e. The topological polar surface area (TPSA) is 77.1 Å². The number of hydrogen-bond donors (Lipinski definition) is 2. The van der Waals surface area contributed by atoms with Crippen molar-refractivity contribution in [1.29, 1.82) is 0 Å². The Morgan fingerprint density at radius 3 is 2.72 bits per heavy atom. The first-order valence-electron chi connectivity index (χ1n) is 6.50. The van der Waals surface area contributed by atoms with Crippen LogP contribution in [0.3, 0.4) is 0 Å². The van der Waals surface area contributed by atoms with E-state index in [1.165, 1.54) is 0 Å². The second-order valence-corrected chi connectivity index (χ2v) is 5.12. The fraction of sp³-hybridized carbons (Fsp3) is 0.538. The number of nitrogen functional groups attached to an aromatic ring is 1. The van der Waals surface area contributed by atoms with E-state index in [9.17, 15) is 9.59 Å². The SMILES string of the molecule is NNC(=O)c1cc2c(n(C3CC3)c1=O)CCCC2. The lowest BCUT2D eigenvalue weighted by Crippen LogP contribution is -2.38. The van der Waals surface area contributed by atoms with Gasteiger partial charge in [0.1, 0.15) is 5.56 Å². The molecule has 0 unspecified atom stereocenters. The molecule has 1 aromatic heterocycles. The molecule has 3 rings (SSSR count). The van der Waals surface area contributed by atoms with E-state index in [4.69, 9.17) is 5.84 Å². The van der Waals surface area contributed by atoms with Crippen molar-refractivity contribution in [2.45, 2.75) is 44.6 Å². The third kappa shape index (κ3) is 1.75. The summed E-state index contributed by atoms with van der Waals surface area (Å²) in [5, 5.41) is 0. The van der Waals surface area contributed by atoms with Gasteiger partial charge in [-0.25, -0.2) is 5.84 Å². The summed E-state index contributed by atoms with van der Waals surface area (Å²) in [5.41, 5.74) is 4.35. The van der Waals surface area contributed by atoms with E-state index in [1.54, 1.807) is 6.07 Å². The normalized spacial score (nSPS) is 18.3. The largest absolute Gasteiger partial charge is 0.309 e. The monoisotopic (exact) mass is 247 g/mol. The standard InChI is InChI=1S/C13H17N3O2/c14-15-12(17)10-7-8-3-1-2-4-11(8)16(13(10)18)9-5-6-9/h7,9H,1-6,14H2,(H,15,17). The fourth-order valence-corrected chi connectivity index (χ4v) is 2.79. The van der Waals surface area contributed by atoms with Crippen LogP contribution >= 0.6 is 0 Å². The summed E-state index contributed by atoms with van der Waals surface area (Å²) in [7, 11) is 0. The number of fused-ring (bicyclic) bond motifs is 1. The van der Waals surface area contributed by atoms with Crippen molar-refractivity contribution in [3.8, 4) is 0 Å². The van der Waals surface area contributed by atoms with Crippen LogP contribution in [0.4, 0.5) is 0 Å². The molecule has 0 atom stereocenters. The van der Waals surface area contributed by atoms with Crippen molar-refractivity contribution >= 4 is 5.91 Å². The fourth-order valence-electron chi connectivity index (χ4n) is 2.79. The van der Waals surface area contributed by atoms with Crippen molar-refractivity contribution < 1.29 is 4.79 Å². The van der Waals surface area contributed by atoms with E-state index in [0.29, 0.717) is 6.04 Å². The number of amides is 1. The van der Waals surface area contributed by atoms with Gasteiger partial charge in [0.15, 0.2) is 0 Å². The molecule has 96 valence electrons. The summed E-state index contributed by atoms with van der Waals surface area (Å²) in [6.45, 7) is 0. The Morgan fingerprint density at radius 1 is 1.33 bits per heavy atom. The minimum atomic E-state index is -0.484. The van der Waals surface area contributed by atoms with Gasteiger partial charge < -0.3 is 4.57 Å². The van der Waals surface area contributed by atoms with Crippen LogP contribution < -0.4 is 16.8 Å². The summed E-state index contributed by atoms with van der Waals surface area (Å²) in [6, 6.07) is 2.03. The van der Waals surface area contributed by atoms with Crippen LogP contribution in [-0.2, 0) is 12.8 Å². The number of rotatable bonds is 2. The summed E-state index contributed by atoms with van der Waals surface area (Å²) >= 11 is 0. The molecule has 1 saturated carbocycles. The molecule has 0 radical (unpaired) electrons. The number of pyridine rings is 1. The highest BCUT2D eigenvalue weighted by atomic mass is 16.2. The van der Waals surface area contributed by atoms with Gasteiger partial charge in [0.05, 0.1) is 0 Å². The number of carbonyl (C=O) groups is 1. The Morgan fingerprint density at radius 2 is 2.06 bits per heavy atom. The predicted molar refractivity (Wildman–Crippen MR) is 67.3 cm³/mol. The lowest BCUT2D eigenvalue weighted by molar-refractivity contribution is 0.0951. The molecule has 2 aliphatic carbocycles. The second kappa shape index (κ2) is 4.24. The van der Waals surface area contributed by atoms with Crippen LogP contribution in [0.25, 0.3) is 0 Å². The van der Waals surface area contributed by atoms with E-state index < -0.39 is 5.91 Å². The Bertz CT molecular complexity index is 558. The zero-order valence-corrected chi connectivity index (χ0v) is 10.2. The number of nitrogens with zero attached hydrogens (tertiary/aromatic N) is 1. The Balaban J connectivity index is 2.20. The second-order valence-electron chi connectivity index (χ2n) is 5.12. The molecule has 0 aromatic carbocycles. The lowest BCUT2D eigenvalue weighted by atomic mass is 9.94. The van der Waals surface area contributed by atoms with Crippen molar-refractivity contribution in [1.82, 2.24) is 9.99 Å². The summed E-state index contributed by atoms with van der Waals surface area (Å²) in [6.07, 6.45) is 6.24. The van der Waals surface area contributed by atoms with Crippen LogP contribution in [0.15, 0.2) is 10.9 Å². The van der Waals surface area contributed by atoms with E-state index in [0.717, 1.165) is 49.8 Å². The maximum absolute atomic E-state index is 12.4. The number of nitrogens with one attached hydrogen (secondary N) is 1. The highest BCUT2D eigenvalue weighted by Crippen LogP contribution is 2.36. The number of carbonyl (C=O) groups excluding carboxylic acids is 1. The molecule has 0 aliphatic heterocycles. The highest BCUT2D eigenvalue weighted by molar-refractivity contribution is 5.93. The number of hydrogen-bond acceptors (Lipinski definition) is 3. The number of aryl methyl sites for hydroxylation is 1.